The molecule has 118 valence electrons. The number of sulfonamides is 1. The molecule has 0 unspecified atom stereocenters. The number of carboxylic acids is 1. The average molecular weight is 332 g/mol. The molecule has 0 atom stereocenters. The van der Waals surface area contributed by atoms with Gasteiger partial charge in [0.15, 0.2) is 0 Å². The average Bonchev–Trinajstić information content (AvgIpc) is 2.96. The molecule has 1 fully saturated rings. The van der Waals surface area contributed by atoms with E-state index in [0.717, 1.165) is 43.7 Å². The van der Waals surface area contributed by atoms with Gasteiger partial charge in [-0.3, -0.25) is 0 Å². The molecule has 2 heterocycles. The van der Waals surface area contributed by atoms with E-state index in [2.05, 4.69) is 5.32 Å². The van der Waals surface area contributed by atoms with Crippen LogP contribution in [0.25, 0.3) is 0 Å². The minimum absolute atomic E-state index is 0.00780. The van der Waals surface area contributed by atoms with Gasteiger partial charge in [0.1, 0.15) is 4.21 Å². The second-order valence-corrected chi connectivity index (χ2v) is 8.09. The fourth-order valence-corrected chi connectivity index (χ4v) is 5.55. The van der Waals surface area contributed by atoms with Gasteiger partial charge in [0.2, 0.25) is 0 Å². The molecule has 0 spiro atoms. The summed E-state index contributed by atoms with van der Waals surface area (Å²) < 4.78 is 27.2. The van der Waals surface area contributed by atoms with E-state index < -0.39 is 16.0 Å². The third-order valence-electron chi connectivity index (χ3n) is 3.55. The smallest absolute Gasteiger partial charge is 0.336 e. The molecule has 2 rings (SSSR count). The highest BCUT2D eigenvalue weighted by molar-refractivity contribution is 7.91. The van der Waals surface area contributed by atoms with Crippen molar-refractivity contribution in [2.24, 2.45) is 0 Å². The van der Waals surface area contributed by atoms with Crippen molar-refractivity contribution in [2.75, 3.05) is 19.6 Å². The van der Waals surface area contributed by atoms with Gasteiger partial charge in [-0.2, -0.15) is 4.31 Å². The highest BCUT2D eigenvalue weighted by Crippen LogP contribution is 2.27. The molecule has 0 radical (unpaired) electrons. The van der Waals surface area contributed by atoms with Crippen molar-refractivity contribution in [3.8, 4) is 0 Å². The molecule has 1 saturated heterocycles. The molecule has 0 aliphatic carbocycles. The van der Waals surface area contributed by atoms with Crippen LogP contribution in [0.4, 0.5) is 0 Å². The quantitative estimate of drug-likeness (QED) is 0.826. The zero-order valence-corrected chi connectivity index (χ0v) is 13.5. The van der Waals surface area contributed by atoms with Gasteiger partial charge in [-0.1, -0.05) is 6.92 Å². The van der Waals surface area contributed by atoms with Gasteiger partial charge in [-0.15, -0.1) is 11.3 Å². The molecule has 1 aromatic rings. The van der Waals surface area contributed by atoms with E-state index in [4.69, 9.17) is 5.11 Å². The largest absolute Gasteiger partial charge is 0.478 e. The number of thiophene rings is 1. The molecule has 1 aliphatic rings. The summed E-state index contributed by atoms with van der Waals surface area (Å²) in [6.45, 7) is 4.03. The van der Waals surface area contributed by atoms with Gasteiger partial charge in [0, 0.05) is 18.0 Å². The number of hydrogen-bond acceptors (Lipinski definition) is 5. The van der Waals surface area contributed by atoms with Gasteiger partial charge in [0.05, 0.1) is 5.56 Å². The highest BCUT2D eigenvalue weighted by Gasteiger charge is 2.33. The van der Waals surface area contributed by atoms with E-state index in [9.17, 15) is 13.2 Å². The summed E-state index contributed by atoms with van der Waals surface area (Å²) in [5, 5.41) is 13.5. The Hall–Kier alpha value is -0.960. The SMILES string of the molecule is CCCN(C1CCNCC1)S(=O)(=O)c1cc(C(=O)O)cs1. The summed E-state index contributed by atoms with van der Waals surface area (Å²) in [6.07, 6.45) is 2.31. The number of piperidine rings is 1. The number of carbonyl (C=O) groups is 1. The Morgan fingerprint density at radius 1 is 1.48 bits per heavy atom. The summed E-state index contributed by atoms with van der Waals surface area (Å²) >= 11 is 0.977. The van der Waals surface area contributed by atoms with E-state index >= 15 is 0 Å². The van der Waals surface area contributed by atoms with Crippen LogP contribution in [0.1, 0.15) is 36.5 Å². The highest BCUT2D eigenvalue weighted by atomic mass is 32.2. The summed E-state index contributed by atoms with van der Waals surface area (Å²) in [6, 6.07) is 1.25. The van der Waals surface area contributed by atoms with Crippen molar-refractivity contribution in [3.63, 3.8) is 0 Å². The monoisotopic (exact) mass is 332 g/mol. The van der Waals surface area contributed by atoms with Crippen LogP contribution < -0.4 is 5.32 Å². The molecule has 1 aromatic heterocycles. The maximum atomic E-state index is 12.8. The van der Waals surface area contributed by atoms with Crippen LogP contribution in [0.2, 0.25) is 0 Å². The van der Waals surface area contributed by atoms with Gasteiger partial charge < -0.3 is 10.4 Å². The van der Waals surface area contributed by atoms with E-state index in [-0.39, 0.29) is 15.8 Å². The molecule has 0 bridgehead atoms. The first kappa shape index (κ1) is 16.4. The van der Waals surface area contributed by atoms with Gasteiger partial charge in [-0.25, -0.2) is 13.2 Å². The fourth-order valence-electron chi connectivity index (χ4n) is 2.49. The maximum Gasteiger partial charge on any atom is 0.336 e. The van der Waals surface area contributed by atoms with Crippen LogP contribution in [-0.2, 0) is 10.0 Å². The fraction of sp³-hybridized carbons (Fsp3) is 0.615. The zero-order chi connectivity index (χ0) is 15.5. The van der Waals surface area contributed by atoms with Crippen LogP contribution in [0.3, 0.4) is 0 Å². The lowest BCUT2D eigenvalue weighted by molar-refractivity contribution is 0.0697. The standard InChI is InChI=1S/C13H20N2O4S2/c1-2-7-15(11-3-5-14-6-4-11)21(18,19)12-8-10(9-20-12)13(16)17/h8-9,11,14H,2-7H2,1H3,(H,16,17). The van der Waals surface area contributed by atoms with Crippen LogP contribution in [0, 0.1) is 0 Å². The van der Waals surface area contributed by atoms with E-state index in [1.807, 2.05) is 6.92 Å². The summed E-state index contributed by atoms with van der Waals surface area (Å²) in [7, 11) is -3.61. The van der Waals surface area contributed by atoms with Crippen molar-refractivity contribution >= 4 is 27.3 Å². The number of nitrogens with zero attached hydrogens (tertiary/aromatic N) is 1. The molecule has 0 saturated carbocycles. The third-order valence-corrected chi connectivity index (χ3v) is 6.91. The first-order valence-electron chi connectivity index (χ1n) is 7.01. The third kappa shape index (κ3) is 3.63. The molecule has 1 aliphatic heterocycles. The van der Waals surface area contributed by atoms with Crippen LogP contribution in [-0.4, -0.2) is 49.5 Å². The molecule has 21 heavy (non-hydrogen) atoms. The van der Waals surface area contributed by atoms with Crippen molar-refractivity contribution in [2.45, 2.75) is 36.4 Å². The minimum Gasteiger partial charge on any atom is -0.478 e. The number of hydrogen-bond donors (Lipinski definition) is 2. The Balaban J connectivity index is 2.29. The summed E-state index contributed by atoms with van der Waals surface area (Å²) in [5.74, 6) is -1.10. The molecule has 6 nitrogen and oxygen atoms in total. The molecular weight excluding hydrogens is 312 g/mol. The molecule has 0 amide bonds. The molecule has 2 N–H and O–H groups in total. The number of rotatable bonds is 6. The van der Waals surface area contributed by atoms with E-state index in [1.54, 1.807) is 4.31 Å². The predicted octanol–water partition coefficient (Wildman–Crippen LogP) is 1.60. The Morgan fingerprint density at radius 3 is 2.67 bits per heavy atom. The molecule has 8 heteroatoms. The second kappa shape index (κ2) is 6.87. The first-order chi connectivity index (χ1) is 9.96. The number of nitrogens with one attached hydrogen (secondary N) is 1. The number of carboxylic acid groups (broad SMARTS) is 1. The lowest BCUT2D eigenvalue weighted by Crippen LogP contribution is -2.46. The van der Waals surface area contributed by atoms with Crippen molar-refractivity contribution < 1.29 is 18.3 Å². The first-order valence-corrected chi connectivity index (χ1v) is 9.33. The van der Waals surface area contributed by atoms with Gasteiger partial charge in [-0.05, 0) is 38.4 Å². The van der Waals surface area contributed by atoms with E-state index in [0.29, 0.717) is 6.54 Å². The van der Waals surface area contributed by atoms with Crippen molar-refractivity contribution in [1.29, 1.82) is 0 Å². The zero-order valence-electron chi connectivity index (χ0n) is 11.9. The van der Waals surface area contributed by atoms with Crippen LogP contribution >= 0.6 is 11.3 Å². The second-order valence-electron chi connectivity index (χ2n) is 5.06. The summed E-state index contributed by atoms with van der Waals surface area (Å²) in [4.78, 5) is 10.9. The normalized spacial score (nSPS) is 17.2. The van der Waals surface area contributed by atoms with Gasteiger partial charge >= 0.3 is 5.97 Å². The summed E-state index contributed by atoms with van der Waals surface area (Å²) in [5.41, 5.74) is 0.0281. The van der Waals surface area contributed by atoms with Crippen molar-refractivity contribution in [1.82, 2.24) is 9.62 Å². The van der Waals surface area contributed by atoms with Crippen LogP contribution in [0.15, 0.2) is 15.7 Å². The lowest BCUT2D eigenvalue weighted by Gasteiger charge is -2.33. The Kier molecular flexibility index (Phi) is 5.37. The topological polar surface area (TPSA) is 86.7 Å². The Bertz CT molecular complexity index is 591. The lowest BCUT2D eigenvalue weighted by atomic mass is 10.1. The molecule has 0 aromatic carbocycles. The minimum atomic E-state index is -3.61. The van der Waals surface area contributed by atoms with Gasteiger partial charge in [0.25, 0.3) is 10.0 Å². The van der Waals surface area contributed by atoms with Crippen LogP contribution in [0.5, 0.6) is 0 Å². The van der Waals surface area contributed by atoms with Crippen molar-refractivity contribution in [3.05, 3.63) is 17.0 Å². The Morgan fingerprint density at radius 2 is 2.14 bits per heavy atom. The molecular formula is C13H20N2O4S2. The number of aromatic carboxylic acids is 1. The maximum absolute atomic E-state index is 12.8. The van der Waals surface area contributed by atoms with E-state index in [1.165, 1.54) is 11.4 Å². The Labute approximate surface area is 128 Å². The predicted molar refractivity (Wildman–Crippen MR) is 81.4 cm³/mol.